The van der Waals surface area contributed by atoms with Gasteiger partial charge in [0.1, 0.15) is 5.54 Å². The maximum atomic E-state index is 12.4. The minimum Gasteiger partial charge on any atom is -0.392 e. The molecule has 1 amide bonds. The highest BCUT2D eigenvalue weighted by atomic mass is 19.4. The number of halogens is 3. The Kier molecular flexibility index (Phi) is 3.87. The maximum absolute atomic E-state index is 12.4. The molecule has 1 aromatic carbocycles. The number of carbonyl (C=O) groups is 2. The molecule has 0 radical (unpaired) electrons. The van der Waals surface area contributed by atoms with Crippen molar-refractivity contribution in [3.63, 3.8) is 0 Å². The first kappa shape index (κ1) is 15.2. The minimum atomic E-state index is -5.08. The highest BCUT2D eigenvalue weighted by Crippen LogP contribution is 2.31. The van der Waals surface area contributed by atoms with Gasteiger partial charge in [0.2, 0.25) is 0 Å². The molecule has 7 heteroatoms. The second-order valence-corrected chi connectivity index (χ2v) is 4.69. The van der Waals surface area contributed by atoms with Crippen LogP contribution in [0.25, 0.3) is 0 Å². The van der Waals surface area contributed by atoms with Crippen LogP contribution in [-0.4, -0.2) is 23.5 Å². The van der Waals surface area contributed by atoms with E-state index in [0.29, 0.717) is 17.5 Å². The van der Waals surface area contributed by atoms with E-state index in [2.05, 4.69) is 0 Å². The lowest BCUT2D eigenvalue weighted by Crippen LogP contribution is -2.51. The number of hydrogen-bond donors (Lipinski definition) is 2. The molecule has 0 fully saturated rings. The average molecular weight is 299 g/mol. The van der Waals surface area contributed by atoms with Crippen LogP contribution < -0.4 is 5.32 Å². The molecule has 0 aromatic heterocycles. The summed E-state index contributed by atoms with van der Waals surface area (Å²) in [4.78, 5) is 22.5. The summed E-state index contributed by atoms with van der Waals surface area (Å²) >= 11 is 0. The van der Waals surface area contributed by atoms with Gasteiger partial charge in [-0.2, -0.15) is 13.2 Å². The van der Waals surface area contributed by atoms with Gasteiger partial charge >= 0.3 is 12.1 Å². The molecule has 1 atom stereocenters. The SMILES string of the molecule is O=CC1(NC(=O)C(F)(F)F)C=CCc2cc(CO)ccc21. The van der Waals surface area contributed by atoms with Crippen molar-refractivity contribution in [2.75, 3.05) is 0 Å². The molecule has 1 aromatic rings. The highest BCUT2D eigenvalue weighted by molar-refractivity contribution is 5.88. The Morgan fingerprint density at radius 1 is 1.43 bits per heavy atom. The van der Waals surface area contributed by atoms with Gasteiger partial charge in [0, 0.05) is 0 Å². The number of amides is 1. The van der Waals surface area contributed by atoms with Gasteiger partial charge in [-0.3, -0.25) is 9.59 Å². The summed E-state index contributed by atoms with van der Waals surface area (Å²) in [6.45, 7) is -0.222. The van der Waals surface area contributed by atoms with Crippen LogP contribution in [0, 0.1) is 0 Å². The number of allylic oxidation sites excluding steroid dienone is 1. The molecule has 0 saturated carbocycles. The molecular formula is C14H12F3NO3. The molecule has 0 bridgehead atoms. The second-order valence-electron chi connectivity index (χ2n) is 4.69. The zero-order valence-electron chi connectivity index (χ0n) is 10.8. The van der Waals surface area contributed by atoms with E-state index in [0.717, 1.165) is 0 Å². The summed E-state index contributed by atoms with van der Waals surface area (Å²) in [5.74, 6) is -2.18. The van der Waals surface area contributed by atoms with Crippen LogP contribution in [0.2, 0.25) is 0 Å². The van der Waals surface area contributed by atoms with Gasteiger partial charge < -0.3 is 10.4 Å². The smallest absolute Gasteiger partial charge is 0.392 e. The Bertz CT molecular complexity index is 610. The molecule has 4 nitrogen and oxygen atoms in total. The zero-order valence-corrected chi connectivity index (χ0v) is 10.8. The van der Waals surface area contributed by atoms with E-state index in [1.807, 2.05) is 0 Å². The van der Waals surface area contributed by atoms with Crippen molar-refractivity contribution >= 4 is 12.2 Å². The van der Waals surface area contributed by atoms with Crippen LogP contribution in [0.5, 0.6) is 0 Å². The number of aliphatic hydroxyl groups excluding tert-OH is 1. The third-order valence-corrected chi connectivity index (χ3v) is 3.28. The quantitative estimate of drug-likeness (QED) is 0.654. The van der Waals surface area contributed by atoms with E-state index in [4.69, 9.17) is 5.11 Å². The van der Waals surface area contributed by atoms with E-state index in [-0.39, 0.29) is 18.5 Å². The largest absolute Gasteiger partial charge is 0.471 e. The van der Waals surface area contributed by atoms with Crippen molar-refractivity contribution in [3.05, 3.63) is 47.0 Å². The van der Waals surface area contributed by atoms with Crippen LogP contribution >= 0.6 is 0 Å². The lowest BCUT2D eigenvalue weighted by molar-refractivity contribution is -0.175. The molecule has 1 unspecified atom stereocenters. The molecule has 1 aliphatic carbocycles. The molecule has 0 saturated heterocycles. The Morgan fingerprint density at radius 3 is 2.71 bits per heavy atom. The number of hydrogen-bond acceptors (Lipinski definition) is 3. The highest BCUT2D eigenvalue weighted by Gasteiger charge is 2.45. The Hall–Kier alpha value is -2.15. The molecule has 112 valence electrons. The lowest BCUT2D eigenvalue weighted by atomic mass is 9.81. The lowest BCUT2D eigenvalue weighted by Gasteiger charge is -2.31. The average Bonchev–Trinajstić information content (AvgIpc) is 2.45. The van der Waals surface area contributed by atoms with Gasteiger partial charge in [-0.05, 0) is 23.1 Å². The van der Waals surface area contributed by atoms with E-state index in [1.165, 1.54) is 24.3 Å². The molecule has 2 rings (SSSR count). The first-order valence-electron chi connectivity index (χ1n) is 6.09. The summed E-state index contributed by atoms with van der Waals surface area (Å²) < 4.78 is 37.3. The molecule has 21 heavy (non-hydrogen) atoms. The van der Waals surface area contributed by atoms with Crippen LogP contribution in [0.3, 0.4) is 0 Å². The zero-order chi connectivity index (χ0) is 15.7. The van der Waals surface area contributed by atoms with Crippen molar-refractivity contribution in [1.29, 1.82) is 0 Å². The molecule has 0 heterocycles. The third-order valence-electron chi connectivity index (χ3n) is 3.28. The number of carbonyl (C=O) groups excluding carboxylic acids is 2. The number of aliphatic hydroxyl groups is 1. The third kappa shape index (κ3) is 2.82. The fourth-order valence-electron chi connectivity index (χ4n) is 2.28. The summed E-state index contributed by atoms with van der Waals surface area (Å²) in [5.41, 5.74) is -0.409. The van der Waals surface area contributed by atoms with Gasteiger partial charge in [-0.1, -0.05) is 30.4 Å². The summed E-state index contributed by atoms with van der Waals surface area (Å²) in [6, 6.07) is 4.53. The van der Waals surface area contributed by atoms with Crippen LogP contribution in [0.15, 0.2) is 30.4 Å². The normalized spacial score (nSPS) is 20.8. The van der Waals surface area contributed by atoms with Gasteiger partial charge in [0.25, 0.3) is 0 Å². The van der Waals surface area contributed by atoms with Crippen LogP contribution in [-0.2, 0) is 28.2 Å². The van der Waals surface area contributed by atoms with Crippen molar-refractivity contribution in [2.24, 2.45) is 0 Å². The van der Waals surface area contributed by atoms with Crippen molar-refractivity contribution in [2.45, 2.75) is 24.7 Å². The van der Waals surface area contributed by atoms with Gasteiger partial charge in [0.05, 0.1) is 6.61 Å². The fraction of sp³-hybridized carbons (Fsp3) is 0.286. The monoisotopic (exact) mass is 299 g/mol. The topological polar surface area (TPSA) is 66.4 Å². The standard InChI is InChI=1S/C14H12F3NO3/c15-14(16,17)12(21)18-13(8-20)5-1-2-10-6-9(7-19)3-4-11(10)13/h1,3-6,8,19H,2,7H2,(H,18,21). The van der Waals surface area contributed by atoms with Crippen molar-refractivity contribution < 1.29 is 27.9 Å². The summed E-state index contributed by atoms with van der Waals surface area (Å²) in [5, 5.41) is 10.8. The molecule has 1 aliphatic rings. The van der Waals surface area contributed by atoms with Crippen molar-refractivity contribution in [1.82, 2.24) is 5.32 Å². The van der Waals surface area contributed by atoms with Crippen LogP contribution in [0.1, 0.15) is 16.7 Å². The predicted molar refractivity (Wildman–Crippen MR) is 67.1 cm³/mol. The number of fused-ring (bicyclic) bond motifs is 1. The molecule has 2 N–H and O–H groups in total. The van der Waals surface area contributed by atoms with E-state index in [1.54, 1.807) is 11.4 Å². The van der Waals surface area contributed by atoms with E-state index in [9.17, 15) is 22.8 Å². The fourth-order valence-corrected chi connectivity index (χ4v) is 2.28. The number of rotatable bonds is 3. The second kappa shape index (κ2) is 5.33. The Morgan fingerprint density at radius 2 is 2.14 bits per heavy atom. The number of aldehydes is 1. The van der Waals surface area contributed by atoms with Crippen LogP contribution in [0.4, 0.5) is 13.2 Å². The first-order valence-corrected chi connectivity index (χ1v) is 6.09. The summed E-state index contributed by atoms with van der Waals surface area (Å²) in [7, 11) is 0. The van der Waals surface area contributed by atoms with Gasteiger partial charge in [-0.25, -0.2) is 0 Å². The first-order chi connectivity index (χ1) is 9.82. The molecular weight excluding hydrogens is 287 g/mol. The van der Waals surface area contributed by atoms with Crippen molar-refractivity contribution in [3.8, 4) is 0 Å². The van der Waals surface area contributed by atoms with Gasteiger partial charge in [-0.15, -0.1) is 0 Å². The molecule has 0 spiro atoms. The van der Waals surface area contributed by atoms with Gasteiger partial charge in [0.15, 0.2) is 6.29 Å². The number of benzene rings is 1. The Labute approximate surface area is 118 Å². The predicted octanol–water partition coefficient (Wildman–Crippen LogP) is 1.36. The summed E-state index contributed by atoms with van der Waals surface area (Å²) in [6.07, 6.45) is -1.66. The maximum Gasteiger partial charge on any atom is 0.471 e. The minimum absolute atomic E-state index is 0.222. The van der Waals surface area contributed by atoms with E-state index >= 15 is 0 Å². The molecule has 0 aliphatic heterocycles. The van der Waals surface area contributed by atoms with E-state index < -0.39 is 17.6 Å². The number of nitrogens with one attached hydrogen (secondary N) is 1. The Balaban J connectivity index is 2.45. The number of alkyl halides is 3.